The van der Waals surface area contributed by atoms with Crippen LogP contribution in [0.4, 0.5) is 0 Å². The average molecular weight is 539 g/mol. The molecule has 1 heterocycles. The van der Waals surface area contributed by atoms with Crippen LogP contribution in [0, 0.1) is 24.7 Å². The van der Waals surface area contributed by atoms with E-state index in [4.69, 9.17) is 0 Å². The third-order valence-electron chi connectivity index (χ3n) is 5.55. The van der Waals surface area contributed by atoms with Crippen LogP contribution in [0.25, 0.3) is 11.1 Å². The molecule has 0 nitrogen and oxygen atoms in total. The van der Waals surface area contributed by atoms with Gasteiger partial charge in [0.1, 0.15) is 0 Å². The van der Waals surface area contributed by atoms with Gasteiger partial charge in [0.05, 0.1) is 0 Å². The van der Waals surface area contributed by atoms with E-state index in [1.807, 2.05) is 11.3 Å². The number of fused-ring (bicyclic) bond motifs is 4. The Labute approximate surface area is 169 Å². The van der Waals surface area contributed by atoms with Gasteiger partial charge in [0, 0.05) is 0 Å². The summed E-state index contributed by atoms with van der Waals surface area (Å²) in [4.78, 5) is 1.48. The number of hydrogen-bond donors (Lipinski definition) is 0. The van der Waals surface area contributed by atoms with E-state index in [1.165, 1.54) is 46.4 Å². The molecular weight excluding hydrogens is 518 g/mol. The minimum absolute atomic E-state index is 0.163. The zero-order valence-electron chi connectivity index (χ0n) is 14.8. The van der Waals surface area contributed by atoms with Crippen LogP contribution in [0.1, 0.15) is 48.8 Å². The molecule has 0 amide bonds. The van der Waals surface area contributed by atoms with Gasteiger partial charge in [-0.2, -0.15) is 0 Å². The van der Waals surface area contributed by atoms with E-state index in [9.17, 15) is 0 Å². The summed E-state index contributed by atoms with van der Waals surface area (Å²) in [5, 5.41) is 0. The molecule has 2 heteroatoms. The normalized spacial score (nSPS) is 24.5. The van der Waals surface area contributed by atoms with Gasteiger partial charge in [0.2, 0.25) is 0 Å². The zero-order chi connectivity index (χ0) is 17.8. The van der Waals surface area contributed by atoms with E-state index in [0.717, 1.165) is 6.42 Å². The molecule has 0 fully saturated rings. The van der Waals surface area contributed by atoms with Gasteiger partial charge in [-0.05, 0) is 0 Å². The standard InChI is InChI=1S/C23H21AtS/c1-5-14-16-11-9-10-12-20(16)23(18(14)7-3)19(8-4)15(6-2)17-13-21(24)25-22(17)23/h6-13H,3,5H2,1-2,4H3/b15-6-,19-8+. The molecule has 1 unspecified atom stereocenters. The van der Waals surface area contributed by atoms with E-state index >= 15 is 0 Å². The first-order chi connectivity index (χ1) is 12.1. The summed E-state index contributed by atoms with van der Waals surface area (Å²) in [5.41, 5.74) is 9.74. The van der Waals surface area contributed by atoms with E-state index in [2.05, 4.69) is 75.9 Å². The molecule has 1 aromatic carbocycles. The van der Waals surface area contributed by atoms with Crippen molar-refractivity contribution in [1.29, 1.82) is 0 Å². The molecule has 1 spiro atoms. The van der Waals surface area contributed by atoms with Crippen molar-refractivity contribution in [3.05, 3.63) is 87.9 Å². The molecular formula is C23H21AtS. The molecule has 126 valence electrons. The Morgan fingerprint density at radius 1 is 1.16 bits per heavy atom. The fourth-order valence-corrected chi connectivity index (χ4v) is 7.23. The Balaban J connectivity index is 2.22. The number of benzene rings is 1. The second kappa shape index (κ2) is 6.18. The third kappa shape index (κ3) is 2.02. The maximum atomic E-state index is 4.25. The number of allylic oxidation sites excluding steroid dienone is 7. The van der Waals surface area contributed by atoms with Crippen molar-refractivity contribution in [1.82, 2.24) is 0 Å². The quantitative estimate of drug-likeness (QED) is 0.444. The van der Waals surface area contributed by atoms with Crippen molar-refractivity contribution >= 4 is 25.1 Å². The van der Waals surface area contributed by atoms with Gasteiger partial charge in [-0.1, -0.05) is 0 Å². The summed E-state index contributed by atoms with van der Waals surface area (Å²) < 4.78 is 1.43. The molecule has 2 aromatic rings. The van der Waals surface area contributed by atoms with Crippen molar-refractivity contribution in [2.45, 2.75) is 32.6 Å². The summed E-state index contributed by atoms with van der Waals surface area (Å²) in [6.45, 7) is 10.9. The summed E-state index contributed by atoms with van der Waals surface area (Å²) >= 11 is 3.74. The van der Waals surface area contributed by atoms with Gasteiger partial charge in [-0.15, -0.1) is 0 Å². The van der Waals surface area contributed by atoms with Crippen LogP contribution >= 0.6 is 11.3 Å². The van der Waals surface area contributed by atoms with Crippen molar-refractivity contribution in [2.75, 3.05) is 0 Å². The second-order valence-corrected chi connectivity index (χ2v) is 10.1. The third-order valence-corrected chi connectivity index (χ3v) is 7.91. The van der Waals surface area contributed by atoms with E-state index in [0.29, 0.717) is 0 Å². The molecule has 0 radical (unpaired) electrons. The molecule has 1 aromatic heterocycles. The van der Waals surface area contributed by atoms with E-state index in [-0.39, 0.29) is 5.41 Å². The van der Waals surface area contributed by atoms with Crippen molar-refractivity contribution in [2.24, 2.45) is 0 Å². The SMILES string of the molecule is C=CC1=C(CC)c2ccccc2C12C(=C/C)/C(=C\C)c1cc([At])sc12. The predicted molar refractivity (Wildman–Crippen MR) is 106 cm³/mol. The fourth-order valence-electron chi connectivity index (χ4n) is 4.77. The van der Waals surface area contributed by atoms with Crippen molar-refractivity contribution < 1.29 is 24.7 Å². The van der Waals surface area contributed by atoms with E-state index < -0.39 is 0 Å². The predicted octanol–water partition coefficient (Wildman–Crippen LogP) is 5.94. The first kappa shape index (κ1) is 17.2. The number of thiophene rings is 1. The van der Waals surface area contributed by atoms with Crippen LogP contribution in [0.15, 0.2) is 66.3 Å². The maximum absolute atomic E-state index is 4.25. The molecule has 25 heavy (non-hydrogen) atoms. The van der Waals surface area contributed by atoms with Crippen LogP contribution in [0.2, 0.25) is 0 Å². The molecule has 2 aliphatic carbocycles. The van der Waals surface area contributed by atoms with E-state index in [1.54, 1.807) is 24.7 Å². The summed E-state index contributed by atoms with van der Waals surface area (Å²) in [6.07, 6.45) is 7.76. The van der Waals surface area contributed by atoms with Crippen LogP contribution < -0.4 is 2.59 Å². The Hall–Kier alpha value is -1.24. The van der Waals surface area contributed by atoms with Gasteiger partial charge in [-0.25, -0.2) is 0 Å². The molecule has 0 N–H and O–H groups in total. The fraction of sp³-hybridized carbons (Fsp3) is 0.217. The van der Waals surface area contributed by atoms with Gasteiger partial charge in [0.15, 0.2) is 0 Å². The molecule has 0 aliphatic heterocycles. The zero-order valence-corrected chi connectivity index (χ0v) is 18.6. The Morgan fingerprint density at radius 2 is 1.92 bits per heavy atom. The van der Waals surface area contributed by atoms with Gasteiger partial charge in [-0.3, -0.25) is 0 Å². The molecule has 0 saturated heterocycles. The topological polar surface area (TPSA) is 0 Å². The molecule has 0 bridgehead atoms. The van der Waals surface area contributed by atoms with Gasteiger partial charge >= 0.3 is 170 Å². The molecule has 4 rings (SSSR count). The summed E-state index contributed by atoms with van der Waals surface area (Å²) in [7, 11) is 0. The van der Waals surface area contributed by atoms with Gasteiger partial charge < -0.3 is 0 Å². The Bertz CT molecular complexity index is 983. The van der Waals surface area contributed by atoms with Crippen LogP contribution in [0.3, 0.4) is 0 Å². The van der Waals surface area contributed by atoms with Crippen LogP contribution in [-0.4, -0.2) is 0 Å². The Kier molecular flexibility index (Phi) is 4.25. The minimum atomic E-state index is -0.163. The monoisotopic (exact) mass is 539 g/mol. The first-order valence-corrected chi connectivity index (χ1v) is 11.0. The first-order valence-electron chi connectivity index (χ1n) is 8.74. The average Bonchev–Trinajstić information content (AvgIpc) is 3.22. The summed E-state index contributed by atoms with van der Waals surface area (Å²) in [5.74, 6) is 0. The van der Waals surface area contributed by atoms with Crippen LogP contribution in [-0.2, 0) is 5.41 Å². The Morgan fingerprint density at radius 3 is 2.56 bits per heavy atom. The van der Waals surface area contributed by atoms with Crippen LogP contribution in [0.5, 0.6) is 0 Å². The molecule has 0 saturated carbocycles. The van der Waals surface area contributed by atoms with Crippen molar-refractivity contribution in [3.63, 3.8) is 0 Å². The summed E-state index contributed by atoms with van der Waals surface area (Å²) in [6, 6.07) is 11.4. The second-order valence-electron chi connectivity index (χ2n) is 6.44. The molecule has 1 atom stereocenters. The van der Waals surface area contributed by atoms with Crippen molar-refractivity contribution in [3.8, 4) is 0 Å². The molecule has 2 aliphatic rings. The number of rotatable bonds is 2. The van der Waals surface area contributed by atoms with Gasteiger partial charge in [0.25, 0.3) is 0 Å². The number of hydrogen-bond acceptors (Lipinski definition) is 1.